The van der Waals surface area contributed by atoms with E-state index in [-0.39, 0.29) is 0 Å². The lowest BCUT2D eigenvalue weighted by Gasteiger charge is -1.95. The van der Waals surface area contributed by atoms with Crippen molar-refractivity contribution in [3.05, 3.63) is 11.6 Å². The van der Waals surface area contributed by atoms with E-state index in [2.05, 4.69) is 9.98 Å². The Morgan fingerprint density at radius 2 is 2.20 bits per heavy atom. The molecule has 1 rings (SSSR count). The van der Waals surface area contributed by atoms with Gasteiger partial charge < -0.3 is 5.11 Å². The normalized spacial score (nSPS) is 15.4. The third kappa shape index (κ3) is 1.81. The number of carbonyl (C=O) groups is 1. The molecule has 10 heavy (non-hydrogen) atoms. The first-order valence-corrected chi connectivity index (χ1v) is 2.73. The average molecular weight is 138 g/mol. The number of allylic oxidation sites excluding steroid dienone is 1. The molecule has 0 bridgehead atoms. The van der Waals surface area contributed by atoms with Gasteiger partial charge in [0.1, 0.15) is 6.67 Å². The zero-order chi connectivity index (χ0) is 7.40. The number of aliphatic carboxylic acids is 1. The van der Waals surface area contributed by atoms with Crippen LogP contribution in [0.25, 0.3) is 0 Å². The molecule has 0 fully saturated rings. The molecule has 0 saturated carbocycles. The van der Waals surface area contributed by atoms with Crippen LogP contribution >= 0.6 is 0 Å². The fourth-order valence-electron chi connectivity index (χ4n) is 0.590. The van der Waals surface area contributed by atoms with E-state index in [0.717, 1.165) is 6.08 Å². The van der Waals surface area contributed by atoms with Crippen molar-refractivity contribution in [3.63, 3.8) is 0 Å². The predicted octanol–water partition coefficient (Wildman–Crippen LogP) is 0.110. The van der Waals surface area contributed by atoms with Crippen LogP contribution in [0.4, 0.5) is 0 Å². The Kier molecular flexibility index (Phi) is 1.94. The Morgan fingerprint density at radius 3 is 2.70 bits per heavy atom. The van der Waals surface area contributed by atoms with Gasteiger partial charge in [0, 0.05) is 24.1 Å². The van der Waals surface area contributed by atoms with Crippen molar-refractivity contribution >= 4 is 18.4 Å². The highest BCUT2D eigenvalue weighted by molar-refractivity contribution is 6.09. The average Bonchev–Trinajstić information content (AvgIpc) is 1.88. The molecule has 1 N–H and O–H groups in total. The lowest BCUT2D eigenvalue weighted by Crippen LogP contribution is -1.99. The zero-order valence-electron chi connectivity index (χ0n) is 5.19. The first kappa shape index (κ1) is 6.67. The van der Waals surface area contributed by atoms with Gasteiger partial charge in [-0.05, 0) is 0 Å². The van der Waals surface area contributed by atoms with Crippen LogP contribution in [0.5, 0.6) is 0 Å². The Bertz CT molecular complexity index is 214. The van der Waals surface area contributed by atoms with Crippen molar-refractivity contribution in [2.45, 2.75) is 0 Å². The van der Waals surface area contributed by atoms with E-state index in [1.807, 2.05) is 0 Å². The molecule has 0 radical (unpaired) electrons. The molecule has 0 aliphatic carbocycles. The van der Waals surface area contributed by atoms with Crippen LogP contribution in [0.15, 0.2) is 21.6 Å². The van der Waals surface area contributed by atoms with Crippen LogP contribution in [0.2, 0.25) is 0 Å². The van der Waals surface area contributed by atoms with Gasteiger partial charge in [-0.15, -0.1) is 0 Å². The molecule has 0 saturated heterocycles. The van der Waals surface area contributed by atoms with Gasteiger partial charge in [0.2, 0.25) is 0 Å². The highest BCUT2D eigenvalue weighted by atomic mass is 16.4. The van der Waals surface area contributed by atoms with Gasteiger partial charge in [0.25, 0.3) is 0 Å². The predicted molar refractivity (Wildman–Crippen MR) is 37.6 cm³/mol. The summed E-state index contributed by atoms with van der Waals surface area (Å²) in [7, 11) is 0. The summed E-state index contributed by atoms with van der Waals surface area (Å²) in [4.78, 5) is 17.6. The van der Waals surface area contributed by atoms with Crippen LogP contribution < -0.4 is 0 Å². The molecule has 0 amide bonds. The highest BCUT2D eigenvalue weighted by Crippen LogP contribution is 1.91. The summed E-state index contributed by atoms with van der Waals surface area (Å²) in [5.74, 6) is -0.977. The van der Waals surface area contributed by atoms with Crippen molar-refractivity contribution in [1.29, 1.82) is 0 Å². The van der Waals surface area contributed by atoms with Crippen LogP contribution in [0.1, 0.15) is 0 Å². The molecule has 0 atom stereocenters. The van der Waals surface area contributed by atoms with E-state index in [4.69, 9.17) is 5.11 Å². The number of carboxylic acids is 1. The van der Waals surface area contributed by atoms with Crippen molar-refractivity contribution in [1.82, 2.24) is 0 Å². The molecule has 0 aromatic rings. The molecule has 1 heterocycles. The SMILES string of the molecule is O=C(O)C=C1C=NCN=C1. The monoisotopic (exact) mass is 138 g/mol. The molecule has 0 aromatic carbocycles. The molecule has 52 valence electrons. The second-order valence-electron chi connectivity index (χ2n) is 1.75. The fourth-order valence-corrected chi connectivity index (χ4v) is 0.590. The van der Waals surface area contributed by atoms with E-state index in [0.29, 0.717) is 12.2 Å². The largest absolute Gasteiger partial charge is 0.478 e. The molecule has 1 aliphatic rings. The Labute approximate surface area is 57.6 Å². The van der Waals surface area contributed by atoms with Crippen molar-refractivity contribution < 1.29 is 9.90 Å². The summed E-state index contributed by atoms with van der Waals surface area (Å²) < 4.78 is 0. The number of hydrogen-bond acceptors (Lipinski definition) is 3. The number of rotatable bonds is 1. The van der Waals surface area contributed by atoms with E-state index >= 15 is 0 Å². The van der Waals surface area contributed by atoms with Gasteiger partial charge in [-0.3, -0.25) is 9.98 Å². The summed E-state index contributed by atoms with van der Waals surface area (Å²) in [6.45, 7) is 0.400. The first-order chi connectivity index (χ1) is 4.79. The zero-order valence-corrected chi connectivity index (χ0v) is 5.19. The van der Waals surface area contributed by atoms with Crippen molar-refractivity contribution in [2.24, 2.45) is 9.98 Å². The van der Waals surface area contributed by atoms with Crippen LogP contribution in [-0.2, 0) is 4.79 Å². The minimum absolute atomic E-state index is 0.400. The Balaban J connectivity index is 2.71. The standard InChI is InChI=1S/C6H6N2O2/c9-6(10)1-5-2-7-4-8-3-5/h1-3H,4H2,(H,9,10). The van der Waals surface area contributed by atoms with E-state index in [1.54, 1.807) is 0 Å². The third-order valence-corrected chi connectivity index (χ3v) is 0.934. The molecular formula is C6H6N2O2. The summed E-state index contributed by atoms with van der Waals surface area (Å²) in [5.41, 5.74) is 0.527. The van der Waals surface area contributed by atoms with Gasteiger partial charge in [-0.2, -0.15) is 0 Å². The quantitative estimate of drug-likeness (QED) is 0.523. The van der Waals surface area contributed by atoms with Gasteiger partial charge in [0.15, 0.2) is 0 Å². The smallest absolute Gasteiger partial charge is 0.329 e. The number of carboxylic acid groups (broad SMARTS) is 1. The summed E-state index contributed by atoms with van der Waals surface area (Å²) in [6, 6.07) is 0. The minimum Gasteiger partial charge on any atom is -0.478 e. The van der Waals surface area contributed by atoms with Crippen LogP contribution in [0, 0.1) is 0 Å². The van der Waals surface area contributed by atoms with Gasteiger partial charge in [-0.1, -0.05) is 0 Å². The molecule has 0 aromatic heterocycles. The third-order valence-electron chi connectivity index (χ3n) is 0.934. The molecule has 0 spiro atoms. The Morgan fingerprint density at radius 1 is 1.60 bits per heavy atom. The topological polar surface area (TPSA) is 62.0 Å². The van der Waals surface area contributed by atoms with E-state index in [9.17, 15) is 4.79 Å². The molecule has 0 unspecified atom stereocenters. The number of hydrogen-bond donors (Lipinski definition) is 1. The first-order valence-electron chi connectivity index (χ1n) is 2.73. The van der Waals surface area contributed by atoms with E-state index < -0.39 is 5.97 Å². The second kappa shape index (κ2) is 2.91. The molecular weight excluding hydrogens is 132 g/mol. The minimum atomic E-state index is -0.977. The fraction of sp³-hybridized carbons (Fsp3) is 0.167. The molecule has 4 nitrogen and oxygen atoms in total. The Hall–Kier alpha value is -1.45. The lowest BCUT2D eigenvalue weighted by molar-refractivity contribution is -0.131. The maximum Gasteiger partial charge on any atom is 0.329 e. The summed E-state index contributed by atoms with van der Waals surface area (Å²) >= 11 is 0. The summed E-state index contributed by atoms with van der Waals surface area (Å²) in [5, 5.41) is 8.27. The van der Waals surface area contributed by atoms with Crippen molar-refractivity contribution in [2.75, 3.05) is 6.67 Å². The lowest BCUT2D eigenvalue weighted by atomic mass is 10.3. The van der Waals surface area contributed by atoms with Gasteiger partial charge in [0.05, 0.1) is 0 Å². The van der Waals surface area contributed by atoms with Crippen LogP contribution in [0.3, 0.4) is 0 Å². The number of aliphatic imine (C=N–C) groups is 2. The second-order valence-corrected chi connectivity index (χ2v) is 1.75. The van der Waals surface area contributed by atoms with Crippen LogP contribution in [-0.4, -0.2) is 30.2 Å². The highest BCUT2D eigenvalue weighted by Gasteiger charge is 1.95. The molecule has 1 aliphatic heterocycles. The maximum atomic E-state index is 10.1. The van der Waals surface area contributed by atoms with Gasteiger partial charge >= 0.3 is 5.97 Å². The summed E-state index contributed by atoms with van der Waals surface area (Å²) in [6.07, 6.45) is 4.04. The molecule has 4 heteroatoms. The van der Waals surface area contributed by atoms with Crippen molar-refractivity contribution in [3.8, 4) is 0 Å². The number of nitrogens with zero attached hydrogens (tertiary/aromatic N) is 2. The van der Waals surface area contributed by atoms with E-state index in [1.165, 1.54) is 12.4 Å². The maximum absolute atomic E-state index is 10.1. The van der Waals surface area contributed by atoms with Gasteiger partial charge in [-0.25, -0.2) is 4.79 Å².